The number of hydrogen-bond acceptors (Lipinski definition) is 3. The second-order valence-electron chi connectivity index (χ2n) is 5.92. The van der Waals surface area contributed by atoms with E-state index in [-0.39, 0.29) is 11.8 Å². The highest BCUT2D eigenvalue weighted by Gasteiger charge is 2.21. The SMILES string of the molecule is O=C1CCc2c(cccc2C(=O)Nc2ccc3c(c2)CNC3)N1. The number of amides is 2. The highest BCUT2D eigenvalue weighted by molar-refractivity contribution is 6.07. The van der Waals surface area contributed by atoms with Gasteiger partial charge in [-0.3, -0.25) is 9.59 Å². The zero-order chi connectivity index (χ0) is 15.8. The number of benzene rings is 2. The molecule has 5 nitrogen and oxygen atoms in total. The molecule has 0 atom stereocenters. The van der Waals surface area contributed by atoms with Gasteiger partial charge < -0.3 is 16.0 Å². The van der Waals surface area contributed by atoms with Crippen molar-refractivity contribution < 1.29 is 9.59 Å². The summed E-state index contributed by atoms with van der Waals surface area (Å²) in [5, 5.41) is 9.09. The lowest BCUT2D eigenvalue weighted by Crippen LogP contribution is -2.23. The molecule has 0 radical (unpaired) electrons. The Labute approximate surface area is 134 Å². The first-order valence-electron chi connectivity index (χ1n) is 7.76. The van der Waals surface area contributed by atoms with E-state index < -0.39 is 0 Å². The summed E-state index contributed by atoms with van der Waals surface area (Å²) in [6.45, 7) is 1.72. The number of fused-ring (bicyclic) bond motifs is 2. The largest absolute Gasteiger partial charge is 0.326 e. The molecule has 4 rings (SSSR count). The number of carbonyl (C=O) groups excluding carboxylic acids is 2. The van der Waals surface area contributed by atoms with Crippen molar-refractivity contribution in [3.05, 3.63) is 58.7 Å². The molecule has 0 saturated carbocycles. The molecule has 0 spiro atoms. The molecule has 116 valence electrons. The van der Waals surface area contributed by atoms with Crippen molar-refractivity contribution in [3.63, 3.8) is 0 Å². The van der Waals surface area contributed by atoms with Gasteiger partial charge in [0, 0.05) is 36.4 Å². The first kappa shape index (κ1) is 14.0. The lowest BCUT2D eigenvalue weighted by Gasteiger charge is -2.19. The number of hydrogen-bond donors (Lipinski definition) is 3. The summed E-state index contributed by atoms with van der Waals surface area (Å²) in [6, 6.07) is 11.4. The van der Waals surface area contributed by atoms with Gasteiger partial charge in [0.25, 0.3) is 5.91 Å². The number of nitrogens with one attached hydrogen (secondary N) is 3. The standard InChI is InChI=1S/C18H17N3O2/c22-17-7-6-14-15(2-1-3-16(14)21-17)18(23)20-13-5-4-11-9-19-10-12(11)8-13/h1-5,8,19H,6-7,9-10H2,(H,20,23)(H,21,22). The normalized spacial score (nSPS) is 15.6. The molecule has 0 bridgehead atoms. The van der Waals surface area contributed by atoms with Crippen LogP contribution in [-0.2, 0) is 24.3 Å². The van der Waals surface area contributed by atoms with Gasteiger partial charge in [0.15, 0.2) is 0 Å². The third-order valence-corrected chi connectivity index (χ3v) is 4.39. The van der Waals surface area contributed by atoms with Crippen LogP contribution in [0.2, 0.25) is 0 Å². The summed E-state index contributed by atoms with van der Waals surface area (Å²) in [5.41, 5.74) is 5.59. The summed E-state index contributed by atoms with van der Waals surface area (Å²) >= 11 is 0. The molecule has 0 saturated heterocycles. The minimum Gasteiger partial charge on any atom is -0.326 e. The van der Waals surface area contributed by atoms with E-state index in [9.17, 15) is 9.59 Å². The predicted octanol–water partition coefficient (Wildman–Crippen LogP) is 2.43. The molecule has 0 fully saturated rings. The van der Waals surface area contributed by atoms with Crippen molar-refractivity contribution in [3.8, 4) is 0 Å². The topological polar surface area (TPSA) is 70.2 Å². The fraction of sp³-hybridized carbons (Fsp3) is 0.222. The Morgan fingerprint density at radius 1 is 1.04 bits per heavy atom. The Hall–Kier alpha value is -2.66. The van der Waals surface area contributed by atoms with Gasteiger partial charge in [0.1, 0.15) is 0 Å². The summed E-state index contributed by atoms with van der Waals surface area (Å²) in [5.74, 6) is -0.134. The van der Waals surface area contributed by atoms with Crippen LogP contribution in [0, 0.1) is 0 Å². The fourth-order valence-electron chi connectivity index (χ4n) is 3.21. The van der Waals surface area contributed by atoms with Crippen LogP contribution in [0.15, 0.2) is 36.4 Å². The van der Waals surface area contributed by atoms with E-state index in [0.29, 0.717) is 18.4 Å². The predicted molar refractivity (Wildman–Crippen MR) is 88.3 cm³/mol. The van der Waals surface area contributed by atoms with Crippen LogP contribution in [0.1, 0.15) is 33.5 Å². The van der Waals surface area contributed by atoms with Gasteiger partial charge in [-0.2, -0.15) is 0 Å². The molecule has 2 aromatic carbocycles. The average Bonchev–Trinajstić information content (AvgIpc) is 3.01. The molecule has 5 heteroatoms. The van der Waals surface area contributed by atoms with Crippen molar-refractivity contribution in [1.82, 2.24) is 5.32 Å². The molecule has 0 aromatic heterocycles. The second kappa shape index (κ2) is 5.52. The lowest BCUT2D eigenvalue weighted by atomic mass is 9.96. The van der Waals surface area contributed by atoms with Crippen molar-refractivity contribution in [2.45, 2.75) is 25.9 Å². The quantitative estimate of drug-likeness (QED) is 0.798. The highest BCUT2D eigenvalue weighted by atomic mass is 16.2. The molecule has 2 amide bonds. The number of carbonyl (C=O) groups is 2. The van der Waals surface area contributed by atoms with E-state index in [1.807, 2.05) is 24.3 Å². The maximum absolute atomic E-state index is 12.6. The average molecular weight is 307 g/mol. The number of anilines is 2. The molecule has 2 heterocycles. The molecule has 2 aromatic rings. The van der Waals surface area contributed by atoms with Gasteiger partial charge in [-0.15, -0.1) is 0 Å². The Kier molecular flexibility index (Phi) is 3.35. The molecule has 3 N–H and O–H groups in total. The van der Waals surface area contributed by atoms with Gasteiger partial charge in [-0.25, -0.2) is 0 Å². The van der Waals surface area contributed by atoms with Crippen molar-refractivity contribution in [2.24, 2.45) is 0 Å². The van der Waals surface area contributed by atoms with Crippen LogP contribution in [0.25, 0.3) is 0 Å². The van der Waals surface area contributed by atoms with E-state index >= 15 is 0 Å². The molecule has 23 heavy (non-hydrogen) atoms. The summed E-state index contributed by atoms with van der Waals surface area (Å²) < 4.78 is 0. The van der Waals surface area contributed by atoms with Crippen molar-refractivity contribution in [2.75, 3.05) is 10.6 Å². The monoisotopic (exact) mass is 307 g/mol. The molecule has 2 aliphatic heterocycles. The highest BCUT2D eigenvalue weighted by Crippen LogP contribution is 2.27. The van der Waals surface area contributed by atoms with E-state index in [4.69, 9.17) is 0 Å². The van der Waals surface area contributed by atoms with Crippen LogP contribution >= 0.6 is 0 Å². The fourth-order valence-corrected chi connectivity index (χ4v) is 3.21. The van der Waals surface area contributed by atoms with Gasteiger partial charge in [0.05, 0.1) is 0 Å². The van der Waals surface area contributed by atoms with Crippen LogP contribution in [0.3, 0.4) is 0 Å². The Bertz CT molecular complexity index is 814. The Balaban J connectivity index is 1.60. The first-order valence-corrected chi connectivity index (χ1v) is 7.76. The van der Waals surface area contributed by atoms with Crippen LogP contribution in [0.4, 0.5) is 11.4 Å². The summed E-state index contributed by atoms with van der Waals surface area (Å²) in [4.78, 5) is 24.1. The minimum absolute atomic E-state index is 0.00109. The second-order valence-corrected chi connectivity index (χ2v) is 5.92. The van der Waals surface area contributed by atoms with E-state index in [1.165, 1.54) is 11.1 Å². The van der Waals surface area contributed by atoms with E-state index in [2.05, 4.69) is 16.0 Å². The van der Waals surface area contributed by atoms with Crippen molar-refractivity contribution >= 4 is 23.2 Å². The van der Waals surface area contributed by atoms with Gasteiger partial charge in [-0.05, 0) is 47.4 Å². The smallest absolute Gasteiger partial charge is 0.256 e. The summed E-state index contributed by atoms with van der Waals surface area (Å²) in [6.07, 6.45) is 1.01. The molecule has 2 aliphatic rings. The molecular formula is C18H17N3O2. The zero-order valence-electron chi connectivity index (χ0n) is 12.6. The third kappa shape index (κ3) is 2.59. The van der Waals surface area contributed by atoms with Crippen LogP contribution in [0.5, 0.6) is 0 Å². The maximum Gasteiger partial charge on any atom is 0.256 e. The van der Waals surface area contributed by atoms with Gasteiger partial charge in [-0.1, -0.05) is 12.1 Å². The first-order chi connectivity index (χ1) is 11.2. The molecule has 0 aliphatic carbocycles. The lowest BCUT2D eigenvalue weighted by molar-refractivity contribution is -0.116. The number of rotatable bonds is 2. The third-order valence-electron chi connectivity index (χ3n) is 4.39. The Morgan fingerprint density at radius 2 is 1.91 bits per heavy atom. The van der Waals surface area contributed by atoms with E-state index in [1.54, 1.807) is 12.1 Å². The van der Waals surface area contributed by atoms with Gasteiger partial charge >= 0.3 is 0 Å². The van der Waals surface area contributed by atoms with Crippen LogP contribution < -0.4 is 16.0 Å². The van der Waals surface area contributed by atoms with Crippen molar-refractivity contribution in [1.29, 1.82) is 0 Å². The van der Waals surface area contributed by atoms with E-state index in [0.717, 1.165) is 30.0 Å². The van der Waals surface area contributed by atoms with Gasteiger partial charge in [0.2, 0.25) is 5.91 Å². The Morgan fingerprint density at radius 3 is 2.83 bits per heavy atom. The maximum atomic E-state index is 12.6. The molecular weight excluding hydrogens is 290 g/mol. The summed E-state index contributed by atoms with van der Waals surface area (Å²) in [7, 11) is 0. The minimum atomic E-state index is -0.135. The van der Waals surface area contributed by atoms with Crippen LogP contribution in [-0.4, -0.2) is 11.8 Å². The zero-order valence-corrected chi connectivity index (χ0v) is 12.6. The molecule has 0 unspecified atom stereocenters.